The molecular formula is C24H30N4O3S2. The van der Waals surface area contributed by atoms with Gasteiger partial charge in [-0.2, -0.15) is 0 Å². The zero-order valence-electron chi connectivity index (χ0n) is 19.3. The molecule has 7 nitrogen and oxygen atoms in total. The summed E-state index contributed by atoms with van der Waals surface area (Å²) in [7, 11) is 0. The van der Waals surface area contributed by atoms with Crippen LogP contribution in [0.5, 0.6) is 0 Å². The predicted molar refractivity (Wildman–Crippen MR) is 131 cm³/mol. The van der Waals surface area contributed by atoms with Crippen molar-refractivity contribution in [2.45, 2.75) is 70.5 Å². The zero-order valence-corrected chi connectivity index (χ0v) is 21.0. The highest BCUT2D eigenvalue weighted by Crippen LogP contribution is 2.34. The molecule has 1 aliphatic rings. The summed E-state index contributed by atoms with van der Waals surface area (Å²) in [5, 5.41) is 11.9. The number of rotatable bonds is 9. The lowest BCUT2D eigenvalue weighted by atomic mass is 9.95. The van der Waals surface area contributed by atoms with Crippen molar-refractivity contribution in [2.75, 3.05) is 12.4 Å². The maximum atomic E-state index is 13.2. The second-order valence-electron chi connectivity index (χ2n) is 8.37. The van der Waals surface area contributed by atoms with Gasteiger partial charge in [0.05, 0.1) is 23.5 Å². The van der Waals surface area contributed by atoms with Gasteiger partial charge in [-0.15, -0.1) is 21.5 Å². The van der Waals surface area contributed by atoms with Crippen molar-refractivity contribution in [3.63, 3.8) is 0 Å². The van der Waals surface area contributed by atoms with Crippen LogP contribution in [0.15, 0.2) is 22.7 Å². The lowest BCUT2D eigenvalue weighted by Crippen LogP contribution is -2.17. The molecule has 0 atom stereocenters. The molecule has 0 bridgehead atoms. The Bertz CT molecular complexity index is 1110. The van der Waals surface area contributed by atoms with Crippen molar-refractivity contribution in [3.05, 3.63) is 50.7 Å². The van der Waals surface area contributed by atoms with Crippen molar-refractivity contribution in [2.24, 2.45) is 0 Å². The number of nitrogens with one attached hydrogen (secondary N) is 1. The van der Waals surface area contributed by atoms with Crippen LogP contribution < -0.4 is 0 Å². The van der Waals surface area contributed by atoms with Crippen molar-refractivity contribution >= 4 is 34.9 Å². The van der Waals surface area contributed by atoms with E-state index in [1.54, 1.807) is 25.2 Å². The number of hydrogen-bond donors (Lipinski definition) is 1. The fraction of sp³-hybridized carbons (Fsp3) is 0.500. The third kappa shape index (κ3) is 5.24. The van der Waals surface area contributed by atoms with Gasteiger partial charge in [-0.1, -0.05) is 37.1 Å². The summed E-state index contributed by atoms with van der Waals surface area (Å²) in [6.45, 7) is 5.63. The Hall–Kier alpha value is -2.39. The minimum atomic E-state index is -0.462. The molecule has 33 heavy (non-hydrogen) atoms. The first-order chi connectivity index (χ1) is 16.0. The van der Waals surface area contributed by atoms with Crippen LogP contribution in [-0.2, 0) is 11.2 Å². The molecule has 0 aliphatic heterocycles. The van der Waals surface area contributed by atoms with E-state index in [9.17, 15) is 9.59 Å². The van der Waals surface area contributed by atoms with Crippen molar-refractivity contribution in [3.8, 4) is 0 Å². The number of carbonyl (C=O) groups excluding carboxylic acids is 2. The molecule has 1 saturated carbocycles. The molecule has 0 amide bonds. The van der Waals surface area contributed by atoms with Crippen LogP contribution >= 0.6 is 23.1 Å². The minimum Gasteiger partial charge on any atom is -0.462 e. The van der Waals surface area contributed by atoms with Crippen LogP contribution in [0, 0.1) is 13.8 Å². The molecule has 3 aromatic rings. The van der Waals surface area contributed by atoms with E-state index in [1.165, 1.54) is 35.9 Å². The van der Waals surface area contributed by atoms with Gasteiger partial charge < -0.3 is 14.3 Å². The number of H-pyrrole nitrogens is 1. The van der Waals surface area contributed by atoms with E-state index in [0.717, 1.165) is 30.2 Å². The van der Waals surface area contributed by atoms with Crippen molar-refractivity contribution in [1.82, 2.24) is 19.7 Å². The van der Waals surface area contributed by atoms with Crippen molar-refractivity contribution in [1.29, 1.82) is 0 Å². The van der Waals surface area contributed by atoms with Gasteiger partial charge in [0, 0.05) is 28.7 Å². The van der Waals surface area contributed by atoms with E-state index in [1.807, 2.05) is 6.92 Å². The van der Waals surface area contributed by atoms with Crippen LogP contribution in [0.3, 0.4) is 0 Å². The summed E-state index contributed by atoms with van der Waals surface area (Å²) in [6, 6.07) is 4.54. The number of carbonyl (C=O) groups is 2. The number of hydrogen-bond acceptors (Lipinski definition) is 7. The van der Waals surface area contributed by atoms with Crippen LogP contribution in [0.25, 0.3) is 0 Å². The number of ketones is 1. The Morgan fingerprint density at radius 3 is 2.64 bits per heavy atom. The smallest absolute Gasteiger partial charge is 0.340 e. The van der Waals surface area contributed by atoms with Gasteiger partial charge in [0.1, 0.15) is 5.82 Å². The largest absolute Gasteiger partial charge is 0.462 e. The Balaban J connectivity index is 1.57. The first-order valence-electron chi connectivity index (χ1n) is 11.5. The molecule has 0 radical (unpaired) electrons. The molecule has 9 heteroatoms. The van der Waals surface area contributed by atoms with E-state index >= 15 is 0 Å². The fourth-order valence-corrected chi connectivity index (χ4v) is 6.19. The third-order valence-electron chi connectivity index (χ3n) is 6.05. The lowest BCUT2D eigenvalue weighted by molar-refractivity contribution is 0.0522. The molecule has 1 aliphatic carbocycles. The van der Waals surface area contributed by atoms with E-state index in [-0.39, 0.29) is 18.1 Å². The average molecular weight is 487 g/mol. The van der Waals surface area contributed by atoms with E-state index in [0.29, 0.717) is 28.6 Å². The predicted octanol–water partition coefficient (Wildman–Crippen LogP) is 5.53. The minimum absolute atomic E-state index is 0.108. The Labute approximate surface area is 202 Å². The molecule has 176 valence electrons. The van der Waals surface area contributed by atoms with Gasteiger partial charge in [0.25, 0.3) is 0 Å². The molecule has 0 aromatic carbocycles. The maximum absolute atomic E-state index is 13.2. The monoisotopic (exact) mass is 486 g/mol. The first-order valence-corrected chi connectivity index (χ1v) is 13.3. The van der Waals surface area contributed by atoms with Crippen LogP contribution in [-0.4, -0.2) is 43.9 Å². The Morgan fingerprint density at radius 2 is 1.94 bits per heavy atom. The second kappa shape index (κ2) is 10.7. The molecule has 3 aromatic heterocycles. The molecule has 0 spiro atoms. The van der Waals surface area contributed by atoms with Gasteiger partial charge in [-0.3, -0.25) is 4.79 Å². The molecule has 3 heterocycles. The second-order valence-corrected chi connectivity index (χ2v) is 10.3. The van der Waals surface area contributed by atoms with Gasteiger partial charge in [-0.25, -0.2) is 4.79 Å². The van der Waals surface area contributed by atoms with Crippen LogP contribution in [0.1, 0.15) is 87.9 Å². The number of aryl methyl sites for hydroxylation is 2. The highest BCUT2D eigenvalue weighted by molar-refractivity contribution is 7.99. The Morgan fingerprint density at radius 1 is 1.18 bits per heavy atom. The number of aromatic nitrogens is 4. The molecule has 4 rings (SSSR count). The summed E-state index contributed by atoms with van der Waals surface area (Å²) in [5.74, 6) is 0.577. The number of aromatic amines is 1. The summed E-state index contributed by atoms with van der Waals surface area (Å²) < 4.78 is 7.45. The summed E-state index contributed by atoms with van der Waals surface area (Å²) in [6.07, 6.45) is 6.64. The molecule has 1 N–H and O–H groups in total. The lowest BCUT2D eigenvalue weighted by Gasteiger charge is -2.25. The average Bonchev–Trinajstić information content (AvgIpc) is 3.52. The van der Waals surface area contributed by atoms with Gasteiger partial charge in [0.2, 0.25) is 0 Å². The number of ether oxygens (including phenoxy) is 1. The maximum Gasteiger partial charge on any atom is 0.340 e. The first kappa shape index (κ1) is 23.8. The van der Waals surface area contributed by atoms with Gasteiger partial charge >= 0.3 is 5.97 Å². The number of esters is 1. The molecule has 1 fully saturated rings. The van der Waals surface area contributed by atoms with Gasteiger partial charge in [-0.05, 0) is 45.1 Å². The molecule has 0 saturated heterocycles. The number of Topliss-reactive ketones (excluding diaryl/α,β-unsaturated/α-hetero) is 1. The SMILES string of the molecule is CCOC(=O)c1c(C)[nH]c(C)c1C(=O)CSc1nnc(Cc2cccs2)n1C1CCCCC1. The number of thioether (sulfide) groups is 1. The molecular weight excluding hydrogens is 456 g/mol. The van der Waals surface area contributed by atoms with Crippen LogP contribution in [0.4, 0.5) is 0 Å². The van der Waals surface area contributed by atoms with Gasteiger partial charge in [0.15, 0.2) is 10.9 Å². The molecule has 0 unspecified atom stereocenters. The quantitative estimate of drug-likeness (QED) is 0.243. The van der Waals surface area contributed by atoms with Crippen molar-refractivity contribution < 1.29 is 14.3 Å². The summed E-state index contributed by atoms with van der Waals surface area (Å²) >= 11 is 3.13. The highest BCUT2D eigenvalue weighted by Gasteiger charge is 2.27. The zero-order chi connectivity index (χ0) is 23.4. The summed E-state index contributed by atoms with van der Waals surface area (Å²) in [5.41, 5.74) is 2.10. The van der Waals surface area contributed by atoms with E-state index in [2.05, 4.69) is 37.3 Å². The number of nitrogens with zero attached hydrogens (tertiary/aromatic N) is 3. The standard InChI is InChI=1S/C24H30N4O3S2/c1-4-31-23(30)22-16(3)25-15(2)21(22)19(29)14-33-24-27-26-20(13-18-11-8-12-32-18)28(24)17-9-6-5-7-10-17/h8,11-12,17,25H,4-7,9-10,13-14H2,1-3H3. The normalized spacial score (nSPS) is 14.5. The van der Waals surface area contributed by atoms with Crippen LogP contribution in [0.2, 0.25) is 0 Å². The Kier molecular flexibility index (Phi) is 7.70. The van der Waals surface area contributed by atoms with E-state index in [4.69, 9.17) is 4.74 Å². The fourth-order valence-electron chi connectivity index (χ4n) is 4.59. The number of thiophene rings is 1. The highest BCUT2D eigenvalue weighted by atomic mass is 32.2. The summed E-state index contributed by atoms with van der Waals surface area (Å²) in [4.78, 5) is 30.1. The third-order valence-corrected chi connectivity index (χ3v) is 7.87. The van der Waals surface area contributed by atoms with E-state index < -0.39 is 5.97 Å². The topological polar surface area (TPSA) is 89.9 Å².